The van der Waals surface area contributed by atoms with Crippen molar-refractivity contribution < 1.29 is 22.7 Å². The molecule has 1 N–H and O–H groups in total. The van der Waals surface area contributed by atoms with Crippen molar-refractivity contribution in [3.05, 3.63) is 88.6 Å². The first kappa shape index (κ1) is 27.7. The number of hydrogen-bond donors (Lipinski definition) is 1. The maximum atomic E-state index is 13.2. The van der Waals surface area contributed by atoms with Gasteiger partial charge < -0.3 is 24.4 Å². The molecule has 1 amide bonds. The van der Waals surface area contributed by atoms with Gasteiger partial charge in [-0.1, -0.05) is 30.7 Å². The lowest BCUT2D eigenvalue weighted by atomic mass is 10.0. The predicted molar refractivity (Wildman–Crippen MR) is 152 cm³/mol. The molecule has 0 spiro atoms. The molecule has 1 fully saturated rings. The molecule has 40 heavy (non-hydrogen) atoms. The summed E-state index contributed by atoms with van der Waals surface area (Å²) in [5.41, 5.74) is 5.48. The van der Waals surface area contributed by atoms with Crippen LogP contribution in [0.2, 0.25) is 5.02 Å². The summed E-state index contributed by atoms with van der Waals surface area (Å²) in [6.07, 6.45) is -3.97. The Labute approximate surface area is 235 Å². The summed E-state index contributed by atoms with van der Waals surface area (Å²) in [6, 6.07) is 19.9. The highest BCUT2D eigenvalue weighted by atomic mass is 35.5. The van der Waals surface area contributed by atoms with Gasteiger partial charge in [0, 0.05) is 66.7 Å². The normalized spacial score (nSPS) is 13.8. The van der Waals surface area contributed by atoms with E-state index in [1.807, 2.05) is 68.1 Å². The van der Waals surface area contributed by atoms with Crippen LogP contribution in [0.3, 0.4) is 0 Å². The summed E-state index contributed by atoms with van der Waals surface area (Å²) in [5, 5.41) is 4.51. The number of alkyl halides is 3. The Morgan fingerprint density at radius 3 is 2.38 bits per heavy atom. The largest absolute Gasteiger partial charge is 0.573 e. The van der Waals surface area contributed by atoms with Gasteiger partial charge in [-0.25, -0.2) is 0 Å². The van der Waals surface area contributed by atoms with Gasteiger partial charge in [-0.05, 0) is 66.6 Å². The zero-order chi connectivity index (χ0) is 28.6. The van der Waals surface area contributed by atoms with Crippen LogP contribution in [0.5, 0.6) is 5.75 Å². The number of aryl methyl sites for hydroxylation is 1. The van der Waals surface area contributed by atoms with Crippen molar-refractivity contribution in [3.8, 4) is 5.75 Å². The number of aromatic nitrogens is 1. The number of anilines is 2. The van der Waals surface area contributed by atoms with Crippen LogP contribution in [0.25, 0.3) is 10.9 Å². The molecule has 5 rings (SSSR count). The highest BCUT2D eigenvalue weighted by molar-refractivity contribution is 6.31. The molecule has 0 atom stereocenters. The highest BCUT2D eigenvalue weighted by Gasteiger charge is 2.32. The SMILES string of the molecule is CCc1c(C(=O)NCc2ccc(N(C)C3CN(c4ccc(OC(F)(F)F)cc4)C3)cc2)c2cc(Cl)ccc2n1C. The minimum absolute atomic E-state index is 0.126. The number of fused-ring (bicyclic) bond motifs is 1. The van der Waals surface area contributed by atoms with Gasteiger partial charge >= 0.3 is 6.36 Å². The highest BCUT2D eigenvalue weighted by Crippen LogP contribution is 2.31. The second-order valence-corrected chi connectivity index (χ2v) is 10.4. The van der Waals surface area contributed by atoms with Crippen molar-refractivity contribution in [1.82, 2.24) is 9.88 Å². The van der Waals surface area contributed by atoms with Crippen molar-refractivity contribution in [2.24, 2.45) is 7.05 Å². The minimum atomic E-state index is -4.70. The maximum absolute atomic E-state index is 13.2. The van der Waals surface area contributed by atoms with Crippen LogP contribution in [0.1, 0.15) is 28.5 Å². The number of carbonyl (C=O) groups excluding carboxylic acids is 1. The molecule has 2 heterocycles. The van der Waals surface area contributed by atoms with E-state index in [0.29, 0.717) is 17.1 Å². The zero-order valence-corrected chi connectivity index (χ0v) is 23.2. The lowest BCUT2D eigenvalue weighted by Gasteiger charge is -2.46. The number of benzene rings is 3. The molecule has 0 saturated carbocycles. The molecule has 10 heteroatoms. The number of hydrogen-bond acceptors (Lipinski definition) is 4. The summed E-state index contributed by atoms with van der Waals surface area (Å²) in [4.78, 5) is 17.5. The Balaban J connectivity index is 1.17. The second-order valence-electron chi connectivity index (χ2n) is 9.96. The van der Waals surface area contributed by atoms with E-state index in [9.17, 15) is 18.0 Å². The van der Waals surface area contributed by atoms with Crippen LogP contribution >= 0.6 is 11.6 Å². The fourth-order valence-electron chi connectivity index (χ4n) is 5.24. The molecule has 210 valence electrons. The molecule has 4 aromatic rings. The Morgan fingerprint density at radius 2 is 1.75 bits per heavy atom. The molecular weight excluding hydrogens is 541 g/mol. The summed E-state index contributed by atoms with van der Waals surface area (Å²) < 4.78 is 43.1. The molecule has 3 aromatic carbocycles. The Kier molecular flexibility index (Phi) is 7.59. The first-order valence-electron chi connectivity index (χ1n) is 13.0. The lowest BCUT2D eigenvalue weighted by Crippen LogP contribution is -2.58. The monoisotopic (exact) mass is 570 g/mol. The molecule has 1 aliphatic heterocycles. The fraction of sp³-hybridized carbons (Fsp3) is 0.300. The zero-order valence-electron chi connectivity index (χ0n) is 22.4. The average molecular weight is 571 g/mol. The molecule has 1 aromatic heterocycles. The van der Waals surface area contributed by atoms with Gasteiger partial charge in [0.2, 0.25) is 0 Å². The third-order valence-electron chi connectivity index (χ3n) is 7.49. The van der Waals surface area contributed by atoms with Crippen molar-refractivity contribution in [2.45, 2.75) is 32.3 Å². The van der Waals surface area contributed by atoms with E-state index in [2.05, 4.69) is 19.9 Å². The van der Waals surface area contributed by atoms with Crippen LogP contribution in [0.15, 0.2) is 66.7 Å². The third-order valence-corrected chi connectivity index (χ3v) is 7.72. The molecule has 0 radical (unpaired) electrons. The number of nitrogens with zero attached hydrogens (tertiary/aromatic N) is 3. The maximum Gasteiger partial charge on any atom is 0.573 e. The Bertz CT molecular complexity index is 1510. The fourth-order valence-corrected chi connectivity index (χ4v) is 5.41. The van der Waals surface area contributed by atoms with E-state index in [1.165, 1.54) is 12.1 Å². The van der Waals surface area contributed by atoms with Gasteiger partial charge in [-0.15, -0.1) is 13.2 Å². The predicted octanol–water partition coefficient (Wildman–Crippen LogP) is 6.55. The third kappa shape index (κ3) is 5.70. The van der Waals surface area contributed by atoms with Crippen LogP contribution in [0, 0.1) is 0 Å². The first-order valence-corrected chi connectivity index (χ1v) is 13.4. The van der Waals surface area contributed by atoms with E-state index < -0.39 is 6.36 Å². The molecule has 1 aliphatic rings. The minimum Gasteiger partial charge on any atom is -0.406 e. The number of nitrogens with one attached hydrogen (secondary N) is 1. The van der Waals surface area contributed by atoms with Gasteiger partial charge in [0.05, 0.1) is 11.6 Å². The number of halogens is 4. The number of amides is 1. The van der Waals surface area contributed by atoms with Crippen LogP contribution in [0.4, 0.5) is 24.5 Å². The van der Waals surface area contributed by atoms with E-state index in [0.717, 1.165) is 53.0 Å². The van der Waals surface area contributed by atoms with E-state index in [4.69, 9.17) is 11.6 Å². The van der Waals surface area contributed by atoms with Crippen molar-refractivity contribution >= 4 is 39.8 Å². The number of rotatable bonds is 8. The van der Waals surface area contributed by atoms with E-state index in [-0.39, 0.29) is 17.7 Å². The second kappa shape index (κ2) is 11.0. The van der Waals surface area contributed by atoms with Gasteiger partial charge in [-0.2, -0.15) is 0 Å². The topological polar surface area (TPSA) is 49.7 Å². The number of ether oxygens (including phenoxy) is 1. The average Bonchev–Trinajstić information content (AvgIpc) is 3.17. The van der Waals surface area contributed by atoms with Crippen LogP contribution in [-0.2, 0) is 20.0 Å². The molecule has 6 nitrogen and oxygen atoms in total. The van der Waals surface area contributed by atoms with E-state index in [1.54, 1.807) is 12.1 Å². The van der Waals surface area contributed by atoms with Crippen molar-refractivity contribution in [2.75, 3.05) is 29.9 Å². The quantitative estimate of drug-likeness (QED) is 0.261. The summed E-state index contributed by atoms with van der Waals surface area (Å²) in [6.45, 7) is 3.94. The van der Waals surface area contributed by atoms with Crippen LogP contribution < -0.4 is 19.9 Å². The standard InChI is InChI=1S/C30H30ClF3N4O2/c1-4-26-28(25-15-20(31)7-14-27(25)37(26)3)29(39)35-16-19-5-8-21(9-6-19)36(2)23-17-38(18-23)22-10-12-24(13-11-22)40-30(32,33)34/h5-15,23H,4,16-18H2,1-3H3,(H,35,39). The lowest BCUT2D eigenvalue weighted by molar-refractivity contribution is -0.274. The number of carbonyl (C=O) groups is 1. The van der Waals surface area contributed by atoms with Gasteiger partial charge in [0.15, 0.2) is 0 Å². The Hall–Kier alpha value is -3.85. The first-order chi connectivity index (χ1) is 19.0. The molecule has 0 unspecified atom stereocenters. The van der Waals surface area contributed by atoms with E-state index >= 15 is 0 Å². The van der Waals surface area contributed by atoms with Crippen molar-refractivity contribution in [3.63, 3.8) is 0 Å². The molecular formula is C30H30ClF3N4O2. The summed E-state index contributed by atoms with van der Waals surface area (Å²) in [7, 11) is 3.99. The summed E-state index contributed by atoms with van der Waals surface area (Å²) >= 11 is 6.23. The smallest absolute Gasteiger partial charge is 0.406 e. The molecule has 0 bridgehead atoms. The molecule has 1 saturated heterocycles. The van der Waals surface area contributed by atoms with Crippen LogP contribution in [-0.4, -0.2) is 43.0 Å². The van der Waals surface area contributed by atoms with Gasteiger partial charge in [-0.3, -0.25) is 4.79 Å². The van der Waals surface area contributed by atoms with Gasteiger partial charge in [0.25, 0.3) is 5.91 Å². The van der Waals surface area contributed by atoms with Crippen molar-refractivity contribution in [1.29, 1.82) is 0 Å². The Morgan fingerprint density at radius 1 is 1.07 bits per heavy atom. The molecule has 0 aliphatic carbocycles. The number of likely N-dealkylation sites (N-methyl/N-ethyl adjacent to an activating group) is 1. The summed E-state index contributed by atoms with van der Waals surface area (Å²) in [5.74, 6) is -0.354. The van der Waals surface area contributed by atoms with Gasteiger partial charge in [0.1, 0.15) is 5.75 Å².